The molecule has 0 aliphatic heterocycles. The smallest absolute Gasteiger partial charge is 0.407 e. The van der Waals surface area contributed by atoms with Gasteiger partial charge in [0.1, 0.15) is 17.9 Å². The van der Waals surface area contributed by atoms with Crippen molar-refractivity contribution in [3.05, 3.63) is 17.8 Å². The fourth-order valence-corrected chi connectivity index (χ4v) is 2.86. The van der Waals surface area contributed by atoms with Gasteiger partial charge in [-0.1, -0.05) is 11.6 Å². The number of carboxylic acids is 1. The van der Waals surface area contributed by atoms with E-state index in [2.05, 4.69) is 25.3 Å². The quantitative estimate of drug-likeness (QED) is 0.161. The standard InChI is InChI=1S/C17H25ClN8O4/c18-13-12-14(23-9-22-13)26(10-24-12)7-2-1-3-8-30-17(29)25-11(15(27)28)5-4-6-21-16(19)20/h9-11H,1-8H2,(H,25,29)(H,27,28)(H4,19,20,21)/t11-/m1/s1. The summed E-state index contributed by atoms with van der Waals surface area (Å²) in [4.78, 5) is 39.0. The molecule has 0 bridgehead atoms. The number of ether oxygens (including phenoxy) is 1. The Morgan fingerprint density at radius 1 is 1.23 bits per heavy atom. The largest absolute Gasteiger partial charge is 0.480 e. The number of fused-ring (bicyclic) bond motifs is 1. The zero-order chi connectivity index (χ0) is 21.9. The minimum atomic E-state index is -1.15. The number of halogens is 1. The molecule has 0 aliphatic rings. The van der Waals surface area contributed by atoms with E-state index in [1.165, 1.54) is 6.33 Å². The van der Waals surface area contributed by atoms with Crippen molar-refractivity contribution in [2.45, 2.75) is 44.7 Å². The van der Waals surface area contributed by atoms with E-state index in [4.69, 9.17) is 27.8 Å². The Bertz CT molecular complexity index is 884. The number of carbonyl (C=O) groups is 2. The number of imidazole rings is 1. The van der Waals surface area contributed by atoms with Crippen molar-refractivity contribution in [3.8, 4) is 0 Å². The van der Waals surface area contributed by atoms with Crippen LogP contribution in [0.25, 0.3) is 11.2 Å². The number of nitrogens with zero attached hydrogens (tertiary/aromatic N) is 5. The second-order valence-electron chi connectivity index (χ2n) is 6.46. The first kappa shape index (κ1) is 23.1. The number of aromatic nitrogens is 4. The summed E-state index contributed by atoms with van der Waals surface area (Å²) >= 11 is 5.97. The second-order valence-corrected chi connectivity index (χ2v) is 6.81. The summed E-state index contributed by atoms with van der Waals surface area (Å²) in [6, 6.07) is -1.06. The second kappa shape index (κ2) is 11.8. The molecule has 0 aliphatic carbocycles. The van der Waals surface area contributed by atoms with Gasteiger partial charge in [0.05, 0.1) is 12.9 Å². The van der Waals surface area contributed by atoms with Gasteiger partial charge in [-0.25, -0.2) is 24.5 Å². The van der Waals surface area contributed by atoms with Crippen molar-refractivity contribution in [3.63, 3.8) is 0 Å². The number of aliphatic imine (C=N–C) groups is 1. The Hall–Kier alpha value is -3.15. The first-order valence-corrected chi connectivity index (χ1v) is 9.79. The van der Waals surface area contributed by atoms with E-state index in [-0.39, 0.29) is 25.5 Å². The molecule has 2 heterocycles. The number of rotatable bonds is 12. The number of carbonyl (C=O) groups excluding carboxylic acids is 1. The Kier molecular flexibility index (Phi) is 9.06. The molecular formula is C17H25ClN8O4. The first-order valence-electron chi connectivity index (χ1n) is 9.41. The van der Waals surface area contributed by atoms with Crippen LogP contribution in [-0.2, 0) is 16.1 Å². The molecule has 0 saturated carbocycles. The van der Waals surface area contributed by atoms with Gasteiger partial charge in [-0.2, -0.15) is 0 Å². The summed E-state index contributed by atoms with van der Waals surface area (Å²) in [5.41, 5.74) is 11.6. The van der Waals surface area contributed by atoms with E-state index in [1.807, 2.05) is 4.57 Å². The highest BCUT2D eigenvalue weighted by molar-refractivity contribution is 6.33. The highest BCUT2D eigenvalue weighted by Crippen LogP contribution is 2.17. The van der Waals surface area contributed by atoms with Crippen molar-refractivity contribution in [2.75, 3.05) is 13.2 Å². The molecule has 0 aromatic carbocycles. The normalized spacial score (nSPS) is 11.8. The number of aryl methyl sites for hydroxylation is 1. The number of nitrogens with two attached hydrogens (primary N) is 2. The lowest BCUT2D eigenvalue weighted by Crippen LogP contribution is -2.41. The van der Waals surface area contributed by atoms with Crippen LogP contribution >= 0.6 is 11.6 Å². The molecule has 2 aromatic rings. The zero-order valence-electron chi connectivity index (χ0n) is 16.3. The monoisotopic (exact) mass is 440 g/mol. The number of hydrogen-bond donors (Lipinski definition) is 4. The molecule has 1 amide bonds. The summed E-state index contributed by atoms with van der Waals surface area (Å²) < 4.78 is 6.94. The Morgan fingerprint density at radius 2 is 2.03 bits per heavy atom. The molecule has 0 spiro atoms. The van der Waals surface area contributed by atoms with Crippen LogP contribution in [0.5, 0.6) is 0 Å². The third-order valence-electron chi connectivity index (χ3n) is 4.17. The maximum atomic E-state index is 11.8. The van der Waals surface area contributed by atoms with Gasteiger partial charge in [0, 0.05) is 13.1 Å². The van der Waals surface area contributed by atoms with Crippen molar-refractivity contribution in [1.82, 2.24) is 24.8 Å². The molecule has 13 heteroatoms. The van der Waals surface area contributed by atoms with Crippen molar-refractivity contribution >= 4 is 40.8 Å². The number of alkyl carbamates (subject to hydrolysis) is 1. The highest BCUT2D eigenvalue weighted by atomic mass is 35.5. The van der Waals surface area contributed by atoms with Gasteiger partial charge >= 0.3 is 12.1 Å². The Morgan fingerprint density at radius 3 is 2.77 bits per heavy atom. The van der Waals surface area contributed by atoms with Crippen LogP contribution in [0.2, 0.25) is 5.15 Å². The number of aliphatic carboxylic acids is 1. The summed E-state index contributed by atoms with van der Waals surface area (Å²) in [5.74, 6) is -1.21. The van der Waals surface area contributed by atoms with Gasteiger partial charge < -0.3 is 31.2 Å². The average molecular weight is 441 g/mol. The lowest BCUT2D eigenvalue weighted by atomic mass is 10.1. The molecule has 2 rings (SSSR count). The summed E-state index contributed by atoms with van der Waals surface area (Å²) in [5, 5.41) is 11.8. The summed E-state index contributed by atoms with van der Waals surface area (Å²) in [7, 11) is 0. The zero-order valence-corrected chi connectivity index (χ0v) is 17.1. The number of amides is 1. The molecule has 12 nitrogen and oxygen atoms in total. The molecule has 30 heavy (non-hydrogen) atoms. The molecule has 6 N–H and O–H groups in total. The number of nitrogens with one attached hydrogen (secondary N) is 1. The van der Waals surface area contributed by atoms with Crippen molar-refractivity contribution in [2.24, 2.45) is 16.5 Å². The SMILES string of the molecule is NC(N)=NCCC[C@@H](NC(=O)OCCCCCn1cnc2c(Cl)ncnc21)C(=O)O. The van der Waals surface area contributed by atoms with Crippen molar-refractivity contribution in [1.29, 1.82) is 0 Å². The van der Waals surface area contributed by atoms with E-state index < -0.39 is 18.1 Å². The molecule has 0 unspecified atom stereocenters. The van der Waals surface area contributed by atoms with Crippen LogP contribution in [0.1, 0.15) is 32.1 Å². The number of carboxylic acid groups (broad SMARTS) is 1. The fraction of sp³-hybridized carbons (Fsp3) is 0.529. The van der Waals surface area contributed by atoms with E-state index in [9.17, 15) is 14.7 Å². The molecule has 0 fully saturated rings. The van der Waals surface area contributed by atoms with E-state index >= 15 is 0 Å². The maximum Gasteiger partial charge on any atom is 0.407 e. The molecule has 2 aromatic heterocycles. The molecule has 0 radical (unpaired) electrons. The summed E-state index contributed by atoms with van der Waals surface area (Å²) in [6.45, 7) is 1.16. The van der Waals surface area contributed by atoms with Gasteiger partial charge in [0.15, 0.2) is 16.8 Å². The number of unbranched alkanes of at least 4 members (excludes halogenated alkanes) is 2. The maximum absolute atomic E-state index is 11.8. The van der Waals surface area contributed by atoms with E-state index in [0.29, 0.717) is 35.7 Å². The minimum Gasteiger partial charge on any atom is -0.480 e. The third-order valence-corrected chi connectivity index (χ3v) is 4.45. The molecule has 0 saturated heterocycles. The van der Waals surface area contributed by atoms with Crippen molar-refractivity contribution < 1.29 is 19.4 Å². The molecule has 1 atom stereocenters. The third kappa shape index (κ3) is 7.35. The minimum absolute atomic E-state index is 0.0625. The lowest BCUT2D eigenvalue weighted by molar-refractivity contribution is -0.139. The lowest BCUT2D eigenvalue weighted by Gasteiger charge is -2.14. The van der Waals surface area contributed by atoms with Crippen LogP contribution < -0.4 is 16.8 Å². The van der Waals surface area contributed by atoms with Gasteiger partial charge in [0.25, 0.3) is 0 Å². The van der Waals surface area contributed by atoms with Gasteiger partial charge in [0.2, 0.25) is 0 Å². The predicted octanol–water partition coefficient (Wildman–Crippen LogP) is 0.883. The van der Waals surface area contributed by atoms with Crippen LogP contribution in [0.15, 0.2) is 17.6 Å². The van der Waals surface area contributed by atoms with Crippen LogP contribution in [0.3, 0.4) is 0 Å². The topological polar surface area (TPSA) is 184 Å². The predicted molar refractivity (Wildman–Crippen MR) is 110 cm³/mol. The first-order chi connectivity index (χ1) is 14.4. The van der Waals surface area contributed by atoms with Gasteiger partial charge in [-0.05, 0) is 32.1 Å². The molecular weight excluding hydrogens is 416 g/mol. The molecule has 164 valence electrons. The van der Waals surface area contributed by atoms with E-state index in [1.54, 1.807) is 6.33 Å². The Labute approximate surface area is 177 Å². The highest BCUT2D eigenvalue weighted by Gasteiger charge is 2.20. The number of hydrogen-bond acceptors (Lipinski definition) is 7. The summed E-state index contributed by atoms with van der Waals surface area (Å²) in [6.07, 6.45) is 5.14. The Balaban J connectivity index is 1.63. The average Bonchev–Trinajstić information content (AvgIpc) is 3.11. The van der Waals surface area contributed by atoms with Gasteiger partial charge in [-0.15, -0.1) is 0 Å². The fourth-order valence-electron chi connectivity index (χ4n) is 2.69. The number of guanidine groups is 1. The van der Waals surface area contributed by atoms with Crippen LogP contribution in [-0.4, -0.2) is 61.8 Å². The van der Waals surface area contributed by atoms with Gasteiger partial charge in [-0.3, -0.25) is 4.99 Å². The van der Waals surface area contributed by atoms with Crippen LogP contribution in [0, 0.1) is 0 Å². The van der Waals surface area contributed by atoms with Crippen LogP contribution in [0.4, 0.5) is 4.79 Å². The van der Waals surface area contributed by atoms with E-state index in [0.717, 1.165) is 12.8 Å².